The second-order valence-corrected chi connectivity index (χ2v) is 7.38. The SMILES string of the molecule is CN1CCN(C(=O)C2(c3ccccc3C3(N)CC3)CC2)CC1. The lowest BCUT2D eigenvalue weighted by Gasteiger charge is -2.35. The van der Waals surface area contributed by atoms with Crippen LogP contribution in [0, 0.1) is 0 Å². The number of carbonyl (C=O) groups is 1. The van der Waals surface area contributed by atoms with Gasteiger partial charge in [-0.25, -0.2) is 0 Å². The topological polar surface area (TPSA) is 49.6 Å². The summed E-state index contributed by atoms with van der Waals surface area (Å²) in [4.78, 5) is 17.5. The molecule has 0 spiro atoms. The van der Waals surface area contributed by atoms with Crippen LogP contribution in [0.4, 0.5) is 0 Å². The third-order valence-electron chi connectivity index (χ3n) is 5.72. The molecule has 2 aliphatic carbocycles. The molecule has 4 rings (SSSR count). The van der Waals surface area contributed by atoms with Crippen molar-refractivity contribution in [1.82, 2.24) is 9.80 Å². The molecule has 1 saturated heterocycles. The first-order chi connectivity index (χ1) is 10.6. The second-order valence-electron chi connectivity index (χ2n) is 7.38. The number of nitrogens with zero attached hydrogens (tertiary/aromatic N) is 2. The van der Waals surface area contributed by atoms with E-state index >= 15 is 0 Å². The smallest absolute Gasteiger partial charge is 0.233 e. The normalized spacial score (nSPS) is 25.8. The van der Waals surface area contributed by atoms with Gasteiger partial charge in [0, 0.05) is 31.7 Å². The number of hydrogen-bond acceptors (Lipinski definition) is 3. The maximum Gasteiger partial charge on any atom is 0.233 e. The zero-order valence-corrected chi connectivity index (χ0v) is 13.3. The fourth-order valence-corrected chi connectivity index (χ4v) is 3.77. The molecule has 3 fully saturated rings. The van der Waals surface area contributed by atoms with E-state index in [1.165, 1.54) is 11.1 Å². The zero-order chi connectivity index (χ0) is 15.4. The summed E-state index contributed by atoms with van der Waals surface area (Å²) in [7, 11) is 2.12. The third kappa shape index (κ3) is 2.17. The first-order valence-electron chi connectivity index (χ1n) is 8.42. The molecule has 4 nitrogen and oxygen atoms in total. The van der Waals surface area contributed by atoms with E-state index < -0.39 is 0 Å². The van der Waals surface area contributed by atoms with Gasteiger partial charge >= 0.3 is 0 Å². The summed E-state index contributed by atoms with van der Waals surface area (Å²) in [5.74, 6) is 0.331. The molecule has 1 amide bonds. The maximum atomic E-state index is 13.2. The molecule has 1 aromatic carbocycles. The summed E-state index contributed by atoms with van der Waals surface area (Å²) in [5, 5.41) is 0. The average Bonchev–Trinajstić information content (AvgIpc) is 3.44. The summed E-state index contributed by atoms with van der Waals surface area (Å²) >= 11 is 0. The van der Waals surface area contributed by atoms with Crippen molar-refractivity contribution in [2.45, 2.75) is 36.6 Å². The number of hydrogen-bond donors (Lipinski definition) is 1. The van der Waals surface area contributed by atoms with Gasteiger partial charge in [-0.3, -0.25) is 4.79 Å². The highest BCUT2D eigenvalue weighted by Gasteiger charge is 2.56. The largest absolute Gasteiger partial charge is 0.339 e. The van der Waals surface area contributed by atoms with Crippen LogP contribution in [0.15, 0.2) is 24.3 Å². The molecule has 1 aliphatic heterocycles. The van der Waals surface area contributed by atoms with Crippen molar-refractivity contribution in [2.75, 3.05) is 33.2 Å². The van der Waals surface area contributed by atoms with Crippen LogP contribution in [0.3, 0.4) is 0 Å². The van der Waals surface area contributed by atoms with E-state index in [0.717, 1.165) is 51.9 Å². The van der Waals surface area contributed by atoms with Gasteiger partial charge < -0.3 is 15.5 Å². The molecule has 1 aromatic rings. The molecule has 22 heavy (non-hydrogen) atoms. The molecular formula is C18H25N3O. The first-order valence-corrected chi connectivity index (χ1v) is 8.42. The van der Waals surface area contributed by atoms with Crippen LogP contribution in [-0.4, -0.2) is 48.9 Å². The van der Waals surface area contributed by atoms with Gasteiger partial charge in [-0.15, -0.1) is 0 Å². The van der Waals surface area contributed by atoms with Crippen LogP contribution in [-0.2, 0) is 15.7 Å². The minimum atomic E-state index is -0.276. The van der Waals surface area contributed by atoms with Crippen molar-refractivity contribution in [3.63, 3.8) is 0 Å². The fourth-order valence-electron chi connectivity index (χ4n) is 3.77. The van der Waals surface area contributed by atoms with Gasteiger partial charge in [-0.1, -0.05) is 24.3 Å². The van der Waals surface area contributed by atoms with Gasteiger partial charge in [0.05, 0.1) is 5.41 Å². The molecule has 0 bridgehead atoms. The Hall–Kier alpha value is -1.39. The van der Waals surface area contributed by atoms with Crippen molar-refractivity contribution in [3.8, 4) is 0 Å². The monoisotopic (exact) mass is 299 g/mol. The molecule has 0 unspecified atom stereocenters. The van der Waals surface area contributed by atoms with Gasteiger partial charge in [0.15, 0.2) is 0 Å². The lowest BCUT2D eigenvalue weighted by molar-refractivity contribution is -0.135. The molecule has 2 saturated carbocycles. The number of piperazine rings is 1. The molecule has 118 valence electrons. The number of benzene rings is 1. The highest BCUT2D eigenvalue weighted by Crippen LogP contribution is 2.55. The van der Waals surface area contributed by atoms with Crippen LogP contribution < -0.4 is 5.73 Å². The van der Waals surface area contributed by atoms with Gasteiger partial charge in [-0.2, -0.15) is 0 Å². The predicted molar refractivity (Wildman–Crippen MR) is 86.5 cm³/mol. The molecule has 2 N–H and O–H groups in total. The summed E-state index contributed by atoms with van der Waals surface area (Å²) in [6.45, 7) is 3.66. The van der Waals surface area contributed by atoms with Gasteiger partial charge in [-0.05, 0) is 43.9 Å². The van der Waals surface area contributed by atoms with Crippen LogP contribution in [0.2, 0.25) is 0 Å². The Bertz CT molecular complexity index is 596. The Morgan fingerprint density at radius 2 is 1.59 bits per heavy atom. The second kappa shape index (κ2) is 4.80. The van der Waals surface area contributed by atoms with Gasteiger partial charge in [0.2, 0.25) is 5.91 Å². The van der Waals surface area contributed by atoms with Gasteiger partial charge in [0.25, 0.3) is 0 Å². The number of likely N-dealkylation sites (N-methyl/N-ethyl adjacent to an activating group) is 1. The van der Waals surface area contributed by atoms with Crippen molar-refractivity contribution >= 4 is 5.91 Å². The van der Waals surface area contributed by atoms with Crippen LogP contribution in [0.5, 0.6) is 0 Å². The van der Waals surface area contributed by atoms with E-state index in [1.807, 2.05) is 0 Å². The minimum absolute atomic E-state index is 0.172. The Morgan fingerprint density at radius 3 is 2.14 bits per heavy atom. The number of nitrogens with two attached hydrogens (primary N) is 1. The molecule has 0 aromatic heterocycles. The van der Waals surface area contributed by atoms with E-state index in [0.29, 0.717) is 5.91 Å². The zero-order valence-electron chi connectivity index (χ0n) is 13.3. The summed E-state index contributed by atoms with van der Waals surface area (Å²) < 4.78 is 0. The van der Waals surface area contributed by atoms with Crippen molar-refractivity contribution in [1.29, 1.82) is 0 Å². The summed E-state index contributed by atoms with van der Waals surface area (Å²) in [6, 6.07) is 8.40. The molecular weight excluding hydrogens is 274 g/mol. The standard InChI is InChI=1S/C18H25N3O/c1-20-10-12-21(13-11-20)16(22)17(6-7-17)14-4-2-3-5-15(14)18(19)8-9-18/h2-5H,6-13,19H2,1H3. The summed E-state index contributed by atoms with van der Waals surface area (Å²) in [5.41, 5.74) is 8.43. The van der Waals surface area contributed by atoms with Crippen molar-refractivity contribution < 1.29 is 4.79 Å². The van der Waals surface area contributed by atoms with Crippen LogP contribution in [0.1, 0.15) is 36.8 Å². The van der Waals surface area contributed by atoms with Crippen LogP contribution in [0.25, 0.3) is 0 Å². The molecule has 0 atom stereocenters. The Labute approximate surface area is 132 Å². The van der Waals surface area contributed by atoms with Gasteiger partial charge in [0.1, 0.15) is 0 Å². The number of amides is 1. The van der Waals surface area contributed by atoms with Crippen LogP contribution >= 0.6 is 0 Å². The van der Waals surface area contributed by atoms with E-state index in [9.17, 15) is 4.79 Å². The highest BCUT2D eigenvalue weighted by atomic mass is 16.2. The summed E-state index contributed by atoms with van der Waals surface area (Å²) in [6.07, 6.45) is 4.04. The fraction of sp³-hybridized carbons (Fsp3) is 0.611. The predicted octanol–water partition coefficient (Wildman–Crippen LogP) is 1.44. The highest BCUT2D eigenvalue weighted by molar-refractivity contribution is 5.92. The van der Waals surface area contributed by atoms with Crippen molar-refractivity contribution in [3.05, 3.63) is 35.4 Å². The maximum absolute atomic E-state index is 13.2. The lowest BCUT2D eigenvalue weighted by Crippen LogP contribution is -2.50. The Balaban J connectivity index is 1.63. The molecule has 3 aliphatic rings. The van der Waals surface area contributed by atoms with E-state index in [2.05, 4.69) is 41.1 Å². The van der Waals surface area contributed by atoms with E-state index in [4.69, 9.17) is 5.73 Å². The molecule has 0 radical (unpaired) electrons. The van der Waals surface area contributed by atoms with E-state index in [1.54, 1.807) is 0 Å². The Morgan fingerprint density at radius 1 is 1.00 bits per heavy atom. The Kier molecular flexibility index (Phi) is 3.10. The van der Waals surface area contributed by atoms with E-state index in [-0.39, 0.29) is 11.0 Å². The number of carbonyl (C=O) groups excluding carboxylic acids is 1. The average molecular weight is 299 g/mol. The molecule has 4 heteroatoms. The van der Waals surface area contributed by atoms with Crippen molar-refractivity contribution in [2.24, 2.45) is 5.73 Å². The third-order valence-corrected chi connectivity index (χ3v) is 5.72. The minimum Gasteiger partial charge on any atom is -0.339 e. The molecule has 1 heterocycles. The lowest BCUT2D eigenvalue weighted by atomic mass is 9.86. The first kappa shape index (κ1) is 14.2. The number of rotatable bonds is 3. The quantitative estimate of drug-likeness (QED) is 0.919.